The van der Waals surface area contributed by atoms with Gasteiger partial charge in [-0.15, -0.1) is 0 Å². The summed E-state index contributed by atoms with van der Waals surface area (Å²) in [6.45, 7) is 7.90. The van der Waals surface area contributed by atoms with Gasteiger partial charge in [-0.3, -0.25) is 13.9 Å². The summed E-state index contributed by atoms with van der Waals surface area (Å²) in [6.07, 6.45) is 2.13. The fourth-order valence-electron chi connectivity index (χ4n) is 4.53. The number of rotatable bonds is 14. The van der Waals surface area contributed by atoms with E-state index in [1.165, 1.54) is 24.1 Å². The Morgan fingerprint density at radius 3 is 2.29 bits per heavy atom. The van der Waals surface area contributed by atoms with Crippen molar-refractivity contribution in [2.45, 2.75) is 64.4 Å². The predicted octanol–water partition coefficient (Wildman–Crippen LogP) is 5.23. The molecule has 3 aromatic rings. The highest BCUT2D eigenvalue weighted by molar-refractivity contribution is 7.92. The summed E-state index contributed by atoms with van der Waals surface area (Å²) in [6, 6.07) is 20.0. The number of aryl methyl sites for hydroxylation is 2. The van der Waals surface area contributed by atoms with E-state index in [0.717, 1.165) is 33.8 Å². The Bertz CT molecular complexity index is 1420. The molecule has 220 valence electrons. The molecule has 0 aliphatic carbocycles. The fourth-order valence-corrected chi connectivity index (χ4v) is 5.93. The van der Waals surface area contributed by atoms with Crippen LogP contribution in [-0.4, -0.2) is 51.4 Å². The maximum atomic E-state index is 14.2. The summed E-state index contributed by atoms with van der Waals surface area (Å²) >= 11 is 0. The first-order valence-electron chi connectivity index (χ1n) is 14.0. The quantitative estimate of drug-likeness (QED) is 0.264. The van der Waals surface area contributed by atoms with Crippen LogP contribution in [0.3, 0.4) is 0 Å². The Labute approximate surface area is 244 Å². The molecule has 0 aromatic heterocycles. The number of methoxy groups -OCH3 is 1. The third kappa shape index (κ3) is 8.10. The van der Waals surface area contributed by atoms with Gasteiger partial charge in [-0.1, -0.05) is 68.3 Å². The summed E-state index contributed by atoms with van der Waals surface area (Å²) in [4.78, 5) is 29.0. The third-order valence-electron chi connectivity index (χ3n) is 7.05. The van der Waals surface area contributed by atoms with Crippen molar-refractivity contribution in [2.75, 3.05) is 24.5 Å². The number of nitrogens with zero attached hydrogens (tertiary/aromatic N) is 2. The average Bonchev–Trinajstić information content (AvgIpc) is 2.97. The number of anilines is 1. The number of ether oxygens (including phenoxy) is 1. The number of sulfonamides is 1. The molecule has 1 atom stereocenters. The largest absolute Gasteiger partial charge is 0.497 e. The molecule has 0 saturated heterocycles. The number of unbranched alkanes of at least 4 members (excludes halogenated alkanes) is 1. The van der Waals surface area contributed by atoms with E-state index in [4.69, 9.17) is 4.74 Å². The van der Waals surface area contributed by atoms with Crippen LogP contribution < -0.4 is 14.4 Å². The minimum absolute atomic E-state index is 0.0634. The van der Waals surface area contributed by atoms with Crippen LogP contribution in [0.25, 0.3) is 0 Å². The van der Waals surface area contributed by atoms with Crippen molar-refractivity contribution in [1.82, 2.24) is 10.2 Å². The molecule has 1 N–H and O–H groups in total. The summed E-state index contributed by atoms with van der Waals surface area (Å²) in [5, 5.41) is 2.95. The molecule has 9 heteroatoms. The van der Waals surface area contributed by atoms with Crippen LogP contribution in [-0.2, 0) is 26.2 Å². The van der Waals surface area contributed by atoms with Crippen LogP contribution in [0.5, 0.6) is 5.75 Å². The van der Waals surface area contributed by atoms with Crippen molar-refractivity contribution in [2.24, 2.45) is 0 Å². The standard InChI is InChI=1S/C32H41N3O5S/c1-6-8-20-33-32(37)30(7-2)34(22-26-13-10-9-12-25(26)4)31(36)23-35(27-14-11-15-28(21-27)40-5)41(38,39)29-18-16-24(3)17-19-29/h9-19,21,30H,6-8,20,22-23H2,1-5H3,(H,33,37). The van der Waals surface area contributed by atoms with Crippen LogP contribution in [0, 0.1) is 13.8 Å². The van der Waals surface area contributed by atoms with Crippen LogP contribution in [0.1, 0.15) is 49.8 Å². The highest BCUT2D eigenvalue weighted by Gasteiger charge is 2.34. The predicted molar refractivity (Wildman–Crippen MR) is 162 cm³/mol. The fraction of sp³-hybridized carbons (Fsp3) is 0.375. The van der Waals surface area contributed by atoms with Gasteiger partial charge >= 0.3 is 0 Å². The van der Waals surface area contributed by atoms with E-state index >= 15 is 0 Å². The minimum atomic E-state index is -4.15. The van der Waals surface area contributed by atoms with E-state index in [9.17, 15) is 18.0 Å². The zero-order chi connectivity index (χ0) is 30.0. The Kier molecular flexibility index (Phi) is 11.3. The van der Waals surface area contributed by atoms with Crippen molar-refractivity contribution in [3.63, 3.8) is 0 Å². The van der Waals surface area contributed by atoms with Crippen LogP contribution in [0.15, 0.2) is 77.7 Å². The van der Waals surface area contributed by atoms with Gasteiger partial charge in [0, 0.05) is 19.2 Å². The van der Waals surface area contributed by atoms with Gasteiger partial charge in [0.2, 0.25) is 11.8 Å². The van der Waals surface area contributed by atoms with Gasteiger partial charge in [0.15, 0.2) is 0 Å². The van der Waals surface area contributed by atoms with Crippen LogP contribution in [0.4, 0.5) is 5.69 Å². The average molecular weight is 580 g/mol. The monoisotopic (exact) mass is 579 g/mol. The molecule has 0 aliphatic heterocycles. The second-order valence-corrected chi connectivity index (χ2v) is 11.9. The first kappa shape index (κ1) is 31.7. The Morgan fingerprint density at radius 2 is 1.66 bits per heavy atom. The number of benzene rings is 3. The summed E-state index contributed by atoms with van der Waals surface area (Å²) in [5.74, 6) is -0.279. The second-order valence-electron chi connectivity index (χ2n) is 10.0. The molecule has 41 heavy (non-hydrogen) atoms. The molecule has 0 heterocycles. The van der Waals surface area contributed by atoms with E-state index in [2.05, 4.69) is 5.32 Å². The number of carbonyl (C=O) groups excluding carboxylic acids is 2. The van der Waals surface area contributed by atoms with Crippen molar-refractivity contribution in [1.29, 1.82) is 0 Å². The molecule has 0 fully saturated rings. The highest BCUT2D eigenvalue weighted by Crippen LogP contribution is 2.28. The molecule has 2 amide bonds. The summed E-state index contributed by atoms with van der Waals surface area (Å²) in [5.41, 5.74) is 3.06. The number of nitrogens with one attached hydrogen (secondary N) is 1. The number of amides is 2. The van der Waals surface area contributed by atoms with E-state index in [0.29, 0.717) is 18.7 Å². The second kappa shape index (κ2) is 14.7. The molecule has 8 nitrogen and oxygen atoms in total. The van der Waals surface area contributed by atoms with Gasteiger partial charge in [0.1, 0.15) is 18.3 Å². The maximum Gasteiger partial charge on any atom is 0.264 e. The third-order valence-corrected chi connectivity index (χ3v) is 8.83. The van der Waals surface area contributed by atoms with E-state index in [1.54, 1.807) is 36.4 Å². The molecular formula is C32H41N3O5S. The molecule has 0 radical (unpaired) electrons. The zero-order valence-corrected chi connectivity index (χ0v) is 25.4. The summed E-state index contributed by atoms with van der Waals surface area (Å²) < 4.78 is 34.4. The Morgan fingerprint density at radius 1 is 0.951 bits per heavy atom. The smallest absolute Gasteiger partial charge is 0.264 e. The van der Waals surface area contributed by atoms with Crippen molar-refractivity contribution < 1.29 is 22.7 Å². The molecule has 0 aliphatic rings. The lowest BCUT2D eigenvalue weighted by Crippen LogP contribution is -2.52. The van der Waals surface area contributed by atoms with Crippen LogP contribution >= 0.6 is 0 Å². The van der Waals surface area contributed by atoms with E-state index in [-0.39, 0.29) is 23.0 Å². The molecule has 0 spiro atoms. The van der Waals surface area contributed by atoms with Gasteiger partial charge in [-0.05, 0) is 62.1 Å². The van der Waals surface area contributed by atoms with Gasteiger partial charge in [0.25, 0.3) is 10.0 Å². The first-order chi connectivity index (χ1) is 19.6. The van der Waals surface area contributed by atoms with E-state index in [1.807, 2.05) is 52.0 Å². The summed E-state index contributed by atoms with van der Waals surface area (Å²) in [7, 11) is -2.65. The van der Waals surface area contributed by atoms with Crippen molar-refractivity contribution >= 4 is 27.5 Å². The van der Waals surface area contributed by atoms with Crippen molar-refractivity contribution in [3.8, 4) is 5.75 Å². The highest BCUT2D eigenvalue weighted by atomic mass is 32.2. The Balaban J connectivity index is 2.06. The molecule has 0 saturated carbocycles. The first-order valence-corrected chi connectivity index (χ1v) is 15.4. The Hall–Kier alpha value is -3.85. The molecule has 3 rings (SSSR count). The molecule has 1 unspecified atom stereocenters. The maximum absolute atomic E-state index is 14.2. The zero-order valence-electron chi connectivity index (χ0n) is 24.6. The lowest BCUT2D eigenvalue weighted by molar-refractivity contribution is -0.140. The van der Waals surface area contributed by atoms with Crippen molar-refractivity contribution in [3.05, 3.63) is 89.5 Å². The van der Waals surface area contributed by atoms with Gasteiger partial charge in [-0.2, -0.15) is 0 Å². The molecule has 3 aromatic carbocycles. The lowest BCUT2D eigenvalue weighted by Gasteiger charge is -2.33. The van der Waals surface area contributed by atoms with E-state index < -0.39 is 28.5 Å². The van der Waals surface area contributed by atoms with Gasteiger partial charge in [0.05, 0.1) is 17.7 Å². The SMILES string of the molecule is CCCCNC(=O)C(CC)N(Cc1ccccc1C)C(=O)CN(c1cccc(OC)c1)S(=O)(=O)c1ccc(C)cc1. The topological polar surface area (TPSA) is 96.0 Å². The van der Waals surface area contributed by atoms with Gasteiger partial charge < -0.3 is 15.0 Å². The molecular weight excluding hydrogens is 538 g/mol. The van der Waals surface area contributed by atoms with Crippen LogP contribution in [0.2, 0.25) is 0 Å². The number of hydrogen-bond acceptors (Lipinski definition) is 5. The normalized spacial score (nSPS) is 11.9. The minimum Gasteiger partial charge on any atom is -0.497 e. The van der Waals surface area contributed by atoms with Gasteiger partial charge in [-0.25, -0.2) is 8.42 Å². The molecule has 0 bridgehead atoms. The number of hydrogen-bond donors (Lipinski definition) is 1. The lowest BCUT2D eigenvalue weighted by atomic mass is 10.1. The number of carbonyl (C=O) groups is 2.